The van der Waals surface area contributed by atoms with Gasteiger partial charge in [0.05, 0.1) is 5.41 Å². The Balaban J connectivity index is 2.39. The van der Waals surface area contributed by atoms with Crippen LogP contribution in [0.3, 0.4) is 0 Å². The lowest BCUT2D eigenvalue weighted by Gasteiger charge is -2.46. The minimum Gasteiger partial charge on any atom is -0.399 e. The van der Waals surface area contributed by atoms with Gasteiger partial charge >= 0.3 is 0 Å². The van der Waals surface area contributed by atoms with Crippen LogP contribution < -0.4 is 5.73 Å². The molecule has 0 aromatic heterocycles. The van der Waals surface area contributed by atoms with Crippen molar-refractivity contribution in [3.63, 3.8) is 0 Å². The molecule has 1 fully saturated rings. The molecule has 1 aliphatic carbocycles. The maximum absolute atomic E-state index is 13.6. The third-order valence-corrected chi connectivity index (χ3v) is 3.51. The molecule has 3 heteroatoms. The first-order valence-electron chi connectivity index (χ1n) is 5.20. The van der Waals surface area contributed by atoms with Crippen molar-refractivity contribution in [3.05, 3.63) is 29.8 Å². The predicted molar refractivity (Wildman–Crippen MR) is 57.0 cm³/mol. The smallest absolute Gasteiger partial charge is 0.254 e. The van der Waals surface area contributed by atoms with Crippen molar-refractivity contribution in [1.29, 1.82) is 0 Å². The molecule has 0 amide bonds. The highest BCUT2D eigenvalue weighted by Gasteiger charge is 2.54. The van der Waals surface area contributed by atoms with Crippen molar-refractivity contribution >= 4 is 5.69 Å². The number of rotatable bonds is 2. The Morgan fingerprint density at radius 3 is 2.07 bits per heavy atom. The minimum atomic E-state index is -2.65. The first-order chi connectivity index (χ1) is 6.96. The zero-order chi connectivity index (χ0) is 11.1. The molecule has 1 nitrogen and oxygen atoms in total. The van der Waals surface area contributed by atoms with Gasteiger partial charge < -0.3 is 5.73 Å². The van der Waals surface area contributed by atoms with Crippen LogP contribution in [0.15, 0.2) is 24.3 Å². The number of nitrogens with two attached hydrogens (primary N) is 1. The number of nitrogen functional groups attached to an aromatic ring is 1. The molecule has 2 N–H and O–H groups in total. The van der Waals surface area contributed by atoms with Gasteiger partial charge in [0.2, 0.25) is 0 Å². The van der Waals surface area contributed by atoms with Crippen LogP contribution in [-0.4, -0.2) is 5.92 Å². The van der Waals surface area contributed by atoms with Gasteiger partial charge in [0.15, 0.2) is 0 Å². The molecule has 0 spiro atoms. The highest BCUT2D eigenvalue weighted by Crippen LogP contribution is 2.53. The van der Waals surface area contributed by atoms with Crippen molar-refractivity contribution in [2.45, 2.75) is 37.5 Å². The molecule has 1 aliphatic rings. The van der Waals surface area contributed by atoms with Gasteiger partial charge in [0.25, 0.3) is 5.92 Å². The van der Waals surface area contributed by atoms with Gasteiger partial charge in [0, 0.05) is 12.6 Å². The SMILES string of the molecule is CC(F)(F)C1(c2ccc(N)cc2)CCC1. The van der Waals surface area contributed by atoms with E-state index in [0.29, 0.717) is 18.5 Å². The summed E-state index contributed by atoms with van der Waals surface area (Å²) < 4.78 is 27.2. The molecule has 0 radical (unpaired) electrons. The third kappa shape index (κ3) is 1.50. The molecular weight excluding hydrogens is 196 g/mol. The molecule has 0 bridgehead atoms. The van der Waals surface area contributed by atoms with E-state index in [9.17, 15) is 8.78 Å². The number of alkyl halides is 2. The number of hydrogen-bond acceptors (Lipinski definition) is 1. The molecule has 82 valence electrons. The lowest BCUT2D eigenvalue weighted by atomic mass is 9.61. The number of benzene rings is 1. The molecule has 15 heavy (non-hydrogen) atoms. The number of anilines is 1. The zero-order valence-corrected chi connectivity index (χ0v) is 8.76. The molecule has 0 saturated heterocycles. The van der Waals surface area contributed by atoms with Crippen molar-refractivity contribution in [2.24, 2.45) is 0 Å². The lowest BCUT2D eigenvalue weighted by Crippen LogP contribution is -2.48. The van der Waals surface area contributed by atoms with Crippen LogP contribution in [0.1, 0.15) is 31.7 Å². The van der Waals surface area contributed by atoms with E-state index in [1.54, 1.807) is 24.3 Å². The minimum absolute atomic E-state index is 0.570. The quantitative estimate of drug-likeness (QED) is 0.746. The van der Waals surface area contributed by atoms with Crippen LogP contribution in [-0.2, 0) is 5.41 Å². The Bertz CT molecular complexity index is 347. The second kappa shape index (κ2) is 3.19. The summed E-state index contributed by atoms with van der Waals surface area (Å²) in [5, 5.41) is 0. The van der Waals surface area contributed by atoms with Gasteiger partial charge in [-0.25, -0.2) is 8.78 Å². The van der Waals surface area contributed by atoms with Crippen molar-refractivity contribution < 1.29 is 8.78 Å². The first-order valence-corrected chi connectivity index (χ1v) is 5.20. The topological polar surface area (TPSA) is 26.0 Å². The van der Waals surface area contributed by atoms with Gasteiger partial charge in [-0.3, -0.25) is 0 Å². The maximum Gasteiger partial charge on any atom is 0.254 e. The molecule has 0 aliphatic heterocycles. The Hall–Kier alpha value is -1.12. The van der Waals surface area contributed by atoms with Crippen LogP contribution in [0.25, 0.3) is 0 Å². The summed E-state index contributed by atoms with van der Waals surface area (Å²) in [5.41, 5.74) is 5.94. The second-order valence-corrected chi connectivity index (χ2v) is 4.45. The Morgan fingerprint density at radius 1 is 1.20 bits per heavy atom. The summed E-state index contributed by atoms with van der Waals surface area (Å²) in [4.78, 5) is 0. The van der Waals surface area contributed by atoms with E-state index in [1.807, 2.05) is 0 Å². The van der Waals surface area contributed by atoms with Crippen LogP contribution in [0, 0.1) is 0 Å². The molecule has 1 saturated carbocycles. The Morgan fingerprint density at radius 2 is 1.73 bits per heavy atom. The van der Waals surface area contributed by atoms with E-state index in [2.05, 4.69) is 0 Å². The van der Waals surface area contributed by atoms with E-state index >= 15 is 0 Å². The van der Waals surface area contributed by atoms with Crippen LogP contribution in [0.2, 0.25) is 0 Å². The van der Waals surface area contributed by atoms with E-state index < -0.39 is 11.3 Å². The van der Waals surface area contributed by atoms with Gasteiger partial charge in [-0.1, -0.05) is 18.6 Å². The average Bonchev–Trinajstić information content (AvgIpc) is 2.03. The van der Waals surface area contributed by atoms with Crippen LogP contribution >= 0.6 is 0 Å². The van der Waals surface area contributed by atoms with Gasteiger partial charge in [-0.15, -0.1) is 0 Å². The van der Waals surface area contributed by atoms with E-state index in [0.717, 1.165) is 18.9 Å². The average molecular weight is 211 g/mol. The summed E-state index contributed by atoms with van der Waals surface area (Å²) in [6.07, 6.45) is 2.02. The lowest BCUT2D eigenvalue weighted by molar-refractivity contribution is -0.0969. The third-order valence-electron chi connectivity index (χ3n) is 3.51. The summed E-state index contributed by atoms with van der Waals surface area (Å²) in [7, 11) is 0. The first kappa shape index (κ1) is 10.4. The van der Waals surface area contributed by atoms with Crippen molar-refractivity contribution in [3.8, 4) is 0 Å². The highest BCUT2D eigenvalue weighted by atomic mass is 19.3. The standard InChI is InChI=1S/C12H15F2N/c1-11(13,14)12(7-2-8-12)9-3-5-10(15)6-4-9/h3-6H,2,7-8,15H2,1H3. The summed E-state index contributed by atoms with van der Waals surface area (Å²) in [6.45, 7) is 1.02. The van der Waals surface area contributed by atoms with Gasteiger partial charge in [-0.05, 0) is 30.5 Å². The summed E-state index contributed by atoms with van der Waals surface area (Å²) >= 11 is 0. The highest BCUT2D eigenvalue weighted by molar-refractivity contribution is 5.43. The summed E-state index contributed by atoms with van der Waals surface area (Å²) in [6, 6.07) is 6.85. The van der Waals surface area contributed by atoms with Crippen molar-refractivity contribution in [1.82, 2.24) is 0 Å². The molecule has 1 aromatic rings. The van der Waals surface area contributed by atoms with Gasteiger partial charge in [-0.2, -0.15) is 0 Å². The molecule has 2 rings (SSSR count). The number of hydrogen-bond donors (Lipinski definition) is 1. The maximum atomic E-state index is 13.6. The fourth-order valence-corrected chi connectivity index (χ4v) is 2.31. The Labute approximate surface area is 88.3 Å². The van der Waals surface area contributed by atoms with Gasteiger partial charge in [0.1, 0.15) is 0 Å². The van der Waals surface area contributed by atoms with E-state index in [-0.39, 0.29) is 0 Å². The fraction of sp³-hybridized carbons (Fsp3) is 0.500. The predicted octanol–water partition coefficient (Wildman–Crippen LogP) is 3.35. The fourth-order valence-electron chi connectivity index (χ4n) is 2.31. The zero-order valence-electron chi connectivity index (χ0n) is 8.76. The molecule has 0 unspecified atom stereocenters. The molecule has 0 atom stereocenters. The summed E-state index contributed by atoms with van der Waals surface area (Å²) in [5.74, 6) is -2.65. The largest absolute Gasteiger partial charge is 0.399 e. The van der Waals surface area contributed by atoms with Crippen LogP contribution in [0.4, 0.5) is 14.5 Å². The normalized spacial score (nSPS) is 19.7. The monoisotopic (exact) mass is 211 g/mol. The second-order valence-electron chi connectivity index (χ2n) is 4.45. The molecular formula is C12H15F2N. The van der Waals surface area contributed by atoms with Crippen molar-refractivity contribution in [2.75, 3.05) is 5.73 Å². The Kier molecular flexibility index (Phi) is 2.21. The molecule has 1 aromatic carbocycles. The van der Waals surface area contributed by atoms with E-state index in [4.69, 9.17) is 5.73 Å². The number of halogens is 2. The molecule has 0 heterocycles. The van der Waals surface area contributed by atoms with E-state index in [1.165, 1.54) is 0 Å². The van der Waals surface area contributed by atoms with Crippen LogP contribution in [0.5, 0.6) is 0 Å².